The molecule has 0 aromatic rings. The summed E-state index contributed by atoms with van der Waals surface area (Å²) in [6.07, 6.45) is -7.52. The molecule has 0 aromatic carbocycles. The van der Waals surface area contributed by atoms with Crippen LogP contribution in [-0.2, 0) is 4.79 Å². The summed E-state index contributed by atoms with van der Waals surface area (Å²) in [5.74, 6) is -3.28. The average Bonchev–Trinajstić information content (AvgIpc) is 2.13. The van der Waals surface area contributed by atoms with Crippen LogP contribution in [0.2, 0.25) is 0 Å². The van der Waals surface area contributed by atoms with Gasteiger partial charge in [0.1, 0.15) is 13.3 Å². The van der Waals surface area contributed by atoms with Crippen molar-refractivity contribution in [1.82, 2.24) is 0 Å². The maximum atomic E-state index is 12.1. The molecule has 0 saturated carbocycles. The summed E-state index contributed by atoms with van der Waals surface area (Å²) in [7, 11) is 0. The van der Waals surface area contributed by atoms with Gasteiger partial charge in [0.2, 0.25) is 5.24 Å². The molecule has 0 spiro atoms. The molecule has 0 aliphatic rings. The molecule has 19 heavy (non-hydrogen) atoms. The van der Waals surface area contributed by atoms with Gasteiger partial charge in [-0.3, -0.25) is 9.18 Å². The summed E-state index contributed by atoms with van der Waals surface area (Å²) < 4.78 is 95.0. The lowest BCUT2D eigenvalue weighted by Gasteiger charge is -2.10. The predicted molar refractivity (Wildman–Crippen MR) is 50.1 cm³/mol. The number of hydrogen-bond acceptors (Lipinski definition) is 1. The van der Waals surface area contributed by atoms with Gasteiger partial charge in [-0.15, -0.1) is 17.6 Å². The quantitative estimate of drug-likeness (QED) is 0.535. The third kappa shape index (κ3) is 46.8. The molecular weight excluding hydrogens is 319 g/mol. The topological polar surface area (TPSA) is 17.1 Å². The number of halogens is 10. The predicted octanol–water partition coefficient (Wildman–Crippen LogP) is 4.54. The van der Waals surface area contributed by atoms with Gasteiger partial charge in [-0.1, -0.05) is 0 Å². The van der Waals surface area contributed by atoms with Gasteiger partial charge in [0.15, 0.2) is 0 Å². The third-order valence-corrected chi connectivity index (χ3v) is 1.06. The minimum atomic E-state index is -5.50. The molecule has 0 N–H and O–H groups in total. The lowest BCUT2D eigenvalue weighted by molar-refractivity contribution is -0.237. The second-order valence-corrected chi connectivity index (χ2v) is 3.05. The first kappa shape index (κ1) is 23.4. The molecule has 118 valence electrons. The highest BCUT2D eigenvalue weighted by atomic mass is 35.5. The Bertz CT molecular complexity index is 211. The fourth-order valence-corrected chi connectivity index (χ4v) is 0.625. The minimum Gasteiger partial charge on any atom is -0.281 e. The number of alkyl halides is 9. The van der Waals surface area contributed by atoms with E-state index in [1.807, 2.05) is 0 Å². The van der Waals surface area contributed by atoms with Crippen molar-refractivity contribution in [2.75, 3.05) is 20.0 Å². The van der Waals surface area contributed by atoms with Gasteiger partial charge >= 0.3 is 6.43 Å². The Balaban J connectivity index is -0.000000238. The smallest absolute Gasteiger partial charge is 0.281 e. The first-order valence-electron chi connectivity index (χ1n) is 4.39. The summed E-state index contributed by atoms with van der Waals surface area (Å²) in [6, 6.07) is 0. The number of carbonyl (C=O) groups excluding carboxylic acids is 1. The fraction of sp³-hybridized carbons (Fsp3) is 0.875. The van der Waals surface area contributed by atoms with E-state index in [1.54, 1.807) is 0 Å². The Morgan fingerprint density at radius 2 is 1.16 bits per heavy atom. The van der Waals surface area contributed by atoms with Crippen molar-refractivity contribution >= 4 is 16.8 Å². The van der Waals surface area contributed by atoms with Gasteiger partial charge in [0.05, 0.1) is 13.1 Å². The van der Waals surface area contributed by atoms with Gasteiger partial charge in [-0.05, 0) is 11.6 Å². The number of carbonyl (C=O) groups is 1. The highest BCUT2D eigenvalue weighted by Crippen LogP contribution is 2.23. The summed E-state index contributed by atoms with van der Waals surface area (Å²) in [5, 5.41) is -1.14. The molecule has 0 aromatic heterocycles. The van der Waals surface area contributed by atoms with Crippen LogP contribution in [0.15, 0.2) is 0 Å². The summed E-state index contributed by atoms with van der Waals surface area (Å²) >= 11 is 4.66. The maximum Gasteiger partial charge on any atom is 0.559 e. The lowest BCUT2D eigenvalue weighted by Crippen LogP contribution is -2.19. The summed E-state index contributed by atoms with van der Waals surface area (Å²) in [4.78, 5) is 9.90. The molecule has 1 nitrogen and oxygen atoms in total. The monoisotopic (exact) mass is 328 g/mol. The van der Waals surface area contributed by atoms with E-state index in [4.69, 9.17) is 0 Å². The van der Waals surface area contributed by atoms with Crippen LogP contribution in [-0.4, -0.2) is 37.6 Å². The van der Waals surface area contributed by atoms with Gasteiger partial charge in [-0.25, -0.2) is 17.6 Å². The van der Waals surface area contributed by atoms with Crippen LogP contribution >= 0.6 is 11.6 Å². The highest BCUT2D eigenvalue weighted by molar-refractivity contribution is 6.63. The van der Waals surface area contributed by atoms with Crippen molar-refractivity contribution in [3.8, 4) is 0 Å². The van der Waals surface area contributed by atoms with Gasteiger partial charge in [0, 0.05) is 6.42 Å². The van der Waals surface area contributed by atoms with Crippen LogP contribution in [0.5, 0.6) is 0 Å². The molecule has 0 aliphatic heterocycles. The zero-order valence-corrected chi connectivity index (χ0v) is 9.98. The van der Waals surface area contributed by atoms with Crippen molar-refractivity contribution < 1.29 is 44.3 Å². The number of rotatable bonds is 5. The van der Waals surface area contributed by atoms with E-state index >= 15 is 0 Å². The SMILES string of the molecule is FC(F)(F)F.FCCF.O=C(Cl)CC(F)(F)CCF. The fourth-order valence-electron chi connectivity index (χ4n) is 0.430. The molecule has 0 fully saturated rings. The van der Waals surface area contributed by atoms with E-state index in [1.165, 1.54) is 0 Å². The van der Waals surface area contributed by atoms with Crippen molar-refractivity contribution in [2.45, 2.75) is 25.2 Å². The Morgan fingerprint density at radius 1 is 0.842 bits per heavy atom. The largest absolute Gasteiger partial charge is 0.559 e. The van der Waals surface area contributed by atoms with E-state index in [-0.39, 0.29) is 0 Å². The highest BCUT2D eigenvalue weighted by Gasteiger charge is 2.30. The molecule has 0 aliphatic carbocycles. The van der Waals surface area contributed by atoms with Crippen LogP contribution in [0.25, 0.3) is 0 Å². The summed E-state index contributed by atoms with van der Waals surface area (Å²) in [5.41, 5.74) is 0. The number of hydrogen-bond donors (Lipinski definition) is 0. The molecule has 0 radical (unpaired) electrons. The van der Waals surface area contributed by atoms with E-state index in [9.17, 15) is 44.3 Å². The van der Waals surface area contributed by atoms with Gasteiger partial charge in [0.25, 0.3) is 5.92 Å². The maximum absolute atomic E-state index is 12.1. The van der Waals surface area contributed by atoms with E-state index in [0.29, 0.717) is 0 Å². The van der Waals surface area contributed by atoms with Crippen LogP contribution in [0.1, 0.15) is 12.8 Å². The molecule has 11 heteroatoms. The molecule has 0 amide bonds. The molecule has 0 heterocycles. The van der Waals surface area contributed by atoms with Crippen molar-refractivity contribution in [3.63, 3.8) is 0 Å². The molecule has 0 bridgehead atoms. The normalized spacial score (nSPS) is 10.8. The summed E-state index contributed by atoms with van der Waals surface area (Å²) in [6.45, 7) is -2.84. The van der Waals surface area contributed by atoms with Crippen LogP contribution < -0.4 is 0 Å². The lowest BCUT2D eigenvalue weighted by atomic mass is 10.2. The van der Waals surface area contributed by atoms with Crippen LogP contribution in [0.3, 0.4) is 0 Å². The van der Waals surface area contributed by atoms with Crippen molar-refractivity contribution in [1.29, 1.82) is 0 Å². The Hall–Kier alpha value is -0.670. The first-order valence-corrected chi connectivity index (χ1v) is 4.77. The van der Waals surface area contributed by atoms with Gasteiger partial charge in [-0.2, -0.15) is 0 Å². The van der Waals surface area contributed by atoms with Gasteiger partial charge < -0.3 is 0 Å². The standard InChI is InChI=1S/C5H6ClF3O.C2H4F2.CF4/c6-4(10)3-5(8,9)1-2-7;3-1-2-4;2-1(3,4)5/h1-3H2;1-2H2;. The first-order chi connectivity index (χ1) is 8.39. The Kier molecular flexibility index (Phi) is 15.2. The molecule has 0 rings (SSSR count). The van der Waals surface area contributed by atoms with Crippen molar-refractivity contribution in [3.05, 3.63) is 0 Å². The second kappa shape index (κ2) is 12.4. The molecular formula is C8H10ClF9O. The van der Waals surface area contributed by atoms with E-state index < -0.39 is 50.5 Å². The average molecular weight is 329 g/mol. The minimum absolute atomic E-state index is 0.847. The van der Waals surface area contributed by atoms with E-state index in [0.717, 1.165) is 0 Å². The second-order valence-electron chi connectivity index (χ2n) is 2.63. The van der Waals surface area contributed by atoms with E-state index in [2.05, 4.69) is 11.6 Å². The van der Waals surface area contributed by atoms with Crippen LogP contribution in [0.4, 0.5) is 39.5 Å². The Morgan fingerprint density at radius 3 is 1.32 bits per heavy atom. The molecule has 0 atom stereocenters. The molecule has 0 saturated heterocycles. The molecule has 0 unspecified atom stereocenters. The van der Waals surface area contributed by atoms with Crippen molar-refractivity contribution in [2.24, 2.45) is 0 Å². The zero-order chi connectivity index (χ0) is 16.1. The zero-order valence-electron chi connectivity index (χ0n) is 9.22. The Labute approximate surface area is 107 Å². The van der Waals surface area contributed by atoms with Crippen LogP contribution in [0, 0.1) is 0 Å². The third-order valence-electron chi connectivity index (χ3n) is 0.929.